The standard InChI is InChI=1S/C11H9N3O2/c15-14-8-9-2-4-10(5-3-9)16-11-12-6-1-7-13-11/h1-7H,8H2. The first-order valence-electron chi connectivity index (χ1n) is 4.71. The van der Waals surface area contributed by atoms with Gasteiger partial charge in [-0.05, 0) is 23.8 Å². The lowest BCUT2D eigenvalue weighted by molar-refractivity contribution is 0.441. The second-order valence-electron chi connectivity index (χ2n) is 3.06. The Labute approximate surface area is 92.1 Å². The smallest absolute Gasteiger partial charge is 0.321 e. The van der Waals surface area contributed by atoms with Gasteiger partial charge in [-0.3, -0.25) is 0 Å². The van der Waals surface area contributed by atoms with Crippen LogP contribution in [0.25, 0.3) is 0 Å². The molecule has 0 amide bonds. The molecule has 0 aliphatic heterocycles. The zero-order valence-corrected chi connectivity index (χ0v) is 8.41. The fourth-order valence-electron chi connectivity index (χ4n) is 1.18. The molecule has 16 heavy (non-hydrogen) atoms. The van der Waals surface area contributed by atoms with Crippen LogP contribution in [0.5, 0.6) is 11.8 Å². The minimum atomic E-state index is 0.169. The number of benzene rings is 1. The number of hydrogen-bond acceptors (Lipinski definition) is 5. The Bertz CT molecular complexity index is 456. The van der Waals surface area contributed by atoms with E-state index < -0.39 is 0 Å². The summed E-state index contributed by atoms with van der Waals surface area (Å²) in [5, 5.41) is 2.80. The average molecular weight is 215 g/mol. The molecule has 5 nitrogen and oxygen atoms in total. The molecule has 0 N–H and O–H groups in total. The molecule has 1 aromatic carbocycles. The summed E-state index contributed by atoms with van der Waals surface area (Å²) in [7, 11) is 0. The maximum atomic E-state index is 10.0. The summed E-state index contributed by atoms with van der Waals surface area (Å²) in [6.07, 6.45) is 3.21. The third kappa shape index (κ3) is 2.60. The molecule has 0 saturated carbocycles. The SMILES string of the molecule is O=NCc1ccc(Oc2ncccn2)cc1. The highest BCUT2D eigenvalue weighted by Crippen LogP contribution is 2.17. The van der Waals surface area contributed by atoms with Crippen LogP contribution in [0.3, 0.4) is 0 Å². The Morgan fingerprint density at radius 2 is 1.81 bits per heavy atom. The van der Waals surface area contributed by atoms with E-state index in [1.807, 2.05) is 0 Å². The Morgan fingerprint density at radius 1 is 1.12 bits per heavy atom. The quantitative estimate of drug-likeness (QED) is 0.735. The number of nitrogens with zero attached hydrogens (tertiary/aromatic N) is 3. The third-order valence-corrected chi connectivity index (χ3v) is 1.92. The lowest BCUT2D eigenvalue weighted by atomic mass is 10.2. The van der Waals surface area contributed by atoms with Crippen molar-refractivity contribution in [1.82, 2.24) is 9.97 Å². The minimum Gasteiger partial charge on any atom is -0.424 e. The Morgan fingerprint density at radius 3 is 2.44 bits per heavy atom. The summed E-state index contributed by atoms with van der Waals surface area (Å²) < 4.78 is 5.38. The number of hydrogen-bond donors (Lipinski definition) is 0. The van der Waals surface area contributed by atoms with E-state index in [1.54, 1.807) is 42.7 Å². The number of ether oxygens (including phenoxy) is 1. The summed E-state index contributed by atoms with van der Waals surface area (Å²) in [4.78, 5) is 17.9. The molecule has 0 saturated heterocycles. The van der Waals surface area contributed by atoms with Gasteiger partial charge in [0.15, 0.2) is 0 Å². The van der Waals surface area contributed by atoms with E-state index in [4.69, 9.17) is 4.74 Å². The topological polar surface area (TPSA) is 64.4 Å². The van der Waals surface area contributed by atoms with Gasteiger partial charge in [0.25, 0.3) is 0 Å². The van der Waals surface area contributed by atoms with Gasteiger partial charge in [-0.15, -0.1) is 0 Å². The Kier molecular flexibility index (Phi) is 3.18. The first-order chi connectivity index (χ1) is 7.88. The van der Waals surface area contributed by atoms with Gasteiger partial charge >= 0.3 is 6.01 Å². The zero-order valence-electron chi connectivity index (χ0n) is 8.41. The van der Waals surface area contributed by atoms with Crippen molar-refractivity contribution in [2.24, 2.45) is 5.18 Å². The first kappa shape index (κ1) is 10.2. The number of rotatable bonds is 4. The van der Waals surface area contributed by atoms with Crippen LogP contribution in [0.4, 0.5) is 0 Å². The van der Waals surface area contributed by atoms with Gasteiger partial charge in [-0.25, -0.2) is 9.97 Å². The predicted octanol–water partition coefficient (Wildman–Crippen LogP) is 2.54. The monoisotopic (exact) mass is 215 g/mol. The van der Waals surface area contributed by atoms with E-state index >= 15 is 0 Å². The molecule has 0 fully saturated rings. The summed E-state index contributed by atoms with van der Waals surface area (Å²) in [6, 6.07) is 9.06. The molecule has 1 aromatic heterocycles. The van der Waals surface area contributed by atoms with Gasteiger partial charge in [0.1, 0.15) is 12.3 Å². The van der Waals surface area contributed by atoms with E-state index in [1.165, 1.54) is 0 Å². The largest absolute Gasteiger partial charge is 0.424 e. The molecule has 0 aliphatic carbocycles. The van der Waals surface area contributed by atoms with E-state index in [2.05, 4.69) is 15.1 Å². The molecule has 0 unspecified atom stereocenters. The second-order valence-corrected chi connectivity index (χ2v) is 3.06. The summed E-state index contributed by atoms with van der Waals surface area (Å²) in [6.45, 7) is 0.169. The zero-order chi connectivity index (χ0) is 11.2. The van der Waals surface area contributed by atoms with E-state index in [9.17, 15) is 4.91 Å². The van der Waals surface area contributed by atoms with Crippen molar-refractivity contribution in [3.63, 3.8) is 0 Å². The molecule has 0 atom stereocenters. The van der Waals surface area contributed by atoms with E-state index in [0.29, 0.717) is 11.8 Å². The van der Waals surface area contributed by atoms with Crippen molar-refractivity contribution in [2.75, 3.05) is 0 Å². The second kappa shape index (κ2) is 4.97. The van der Waals surface area contributed by atoms with E-state index in [-0.39, 0.29) is 6.54 Å². The molecule has 2 rings (SSSR count). The highest BCUT2D eigenvalue weighted by Gasteiger charge is 1.99. The maximum Gasteiger partial charge on any atom is 0.321 e. The molecule has 1 heterocycles. The van der Waals surface area contributed by atoms with E-state index in [0.717, 1.165) is 5.56 Å². The Balaban J connectivity index is 2.08. The van der Waals surface area contributed by atoms with Crippen LogP contribution in [0.2, 0.25) is 0 Å². The van der Waals surface area contributed by atoms with Crippen LogP contribution in [0.1, 0.15) is 5.56 Å². The van der Waals surface area contributed by atoms with Gasteiger partial charge in [-0.1, -0.05) is 17.3 Å². The number of aromatic nitrogens is 2. The van der Waals surface area contributed by atoms with Crippen LogP contribution >= 0.6 is 0 Å². The van der Waals surface area contributed by atoms with Crippen molar-refractivity contribution >= 4 is 0 Å². The van der Waals surface area contributed by atoms with Crippen LogP contribution in [0, 0.1) is 4.91 Å². The van der Waals surface area contributed by atoms with Gasteiger partial charge in [-0.2, -0.15) is 4.91 Å². The van der Waals surface area contributed by atoms with Crippen LogP contribution in [-0.2, 0) is 6.54 Å². The molecule has 0 radical (unpaired) electrons. The predicted molar refractivity (Wildman–Crippen MR) is 58.0 cm³/mol. The molecule has 0 aliphatic rings. The highest BCUT2D eigenvalue weighted by molar-refractivity contribution is 5.29. The van der Waals surface area contributed by atoms with Gasteiger partial charge in [0, 0.05) is 12.4 Å². The van der Waals surface area contributed by atoms with Crippen molar-refractivity contribution in [1.29, 1.82) is 0 Å². The number of nitroso groups, excluding NO2 is 1. The molecule has 0 bridgehead atoms. The van der Waals surface area contributed by atoms with Crippen molar-refractivity contribution in [2.45, 2.75) is 6.54 Å². The van der Waals surface area contributed by atoms with Gasteiger partial charge < -0.3 is 4.74 Å². The van der Waals surface area contributed by atoms with Gasteiger partial charge in [0.2, 0.25) is 0 Å². The summed E-state index contributed by atoms with van der Waals surface area (Å²) in [5.74, 6) is 0.626. The lowest BCUT2D eigenvalue weighted by Gasteiger charge is -2.02. The normalized spacial score (nSPS) is 9.75. The third-order valence-electron chi connectivity index (χ3n) is 1.92. The lowest BCUT2D eigenvalue weighted by Crippen LogP contribution is -1.90. The summed E-state index contributed by atoms with van der Waals surface area (Å²) in [5.41, 5.74) is 0.844. The highest BCUT2D eigenvalue weighted by atomic mass is 16.5. The molecule has 5 heteroatoms. The summed E-state index contributed by atoms with van der Waals surface area (Å²) >= 11 is 0. The van der Waals surface area contributed by atoms with Crippen LogP contribution < -0.4 is 4.74 Å². The van der Waals surface area contributed by atoms with Crippen LogP contribution in [-0.4, -0.2) is 9.97 Å². The maximum absolute atomic E-state index is 10.0. The molecular weight excluding hydrogens is 206 g/mol. The molecule has 2 aromatic rings. The van der Waals surface area contributed by atoms with Crippen molar-refractivity contribution in [3.8, 4) is 11.8 Å². The fraction of sp³-hybridized carbons (Fsp3) is 0.0909. The van der Waals surface area contributed by atoms with Crippen molar-refractivity contribution in [3.05, 3.63) is 53.2 Å². The Hall–Kier alpha value is -2.30. The minimum absolute atomic E-state index is 0.169. The molecular formula is C11H9N3O2. The molecule has 80 valence electrons. The van der Waals surface area contributed by atoms with Gasteiger partial charge in [0.05, 0.1) is 0 Å². The molecule has 0 spiro atoms. The van der Waals surface area contributed by atoms with Crippen LogP contribution in [0.15, 0.2) is 47.9 Å². The fourth-order valence-corrected chi connectivity index (χ4v) is 1.18. The van der Waals surface area contributed by atoms with Crippen molar-refractivity contribution < 1.29 is 4.74 Å². The average Bonchev–Trinajstić information content (AvgIpc) is 2.33. The first-order valence-corrected chi connectivity index (χ1v) is 4.71.